The second-order valence-corrected chi connectivity index (χ2v) is 5.95. The van der Waals surface area contributed by atoms with Gasteiger partial charge in [0.25, 0.3) is 0 Å². The number of para-hydroxylation sites is 1. The molecule has 2 aromatic rings. The van der Waals surface area contributed by atoms with Crippen LogP contribution in [0.5, 0.6) is 17.2 Å². The quantitative estimate of drug-likeness (QED) is 0.509. The number of hydrogen-bond donors (Lipinski definition) is 0. The molecule has 0 aliphatic carbocycles. The molecule has 0 atom stereocenters. The van der Waals surface area contributed by atoms with Crippen molar-refractivity contribution in [2.75, 3.05) is 41.5 Å². The van der Waals surface area contributed by atoms with E-state index in [2.05, 4.69) is 4.90 Å². The van der Waals surface area contributed by atoms with Crippen LogP contribution < -0.4 is 14.2 Å². The van der Waals surface area contributed by atoms with Crippen molar-refractivity contribution in [3.63, 3.8) is 0 Å². The van der Waals surface area contributed by atoms with Gasteiger partial charge in [0.2, 0.25) is 0 Å². The fourth-order valence-corrected chi connectivity index (χ4v) is 2.35. The summed E-state index contributed by atoms with van der Waals surface area (Å²) in [4.78, 5) is 14.7. The van der Waals surface area contributed by atoms with Crippen molar-refractivity contribution in [3.8, 4) is 17.2 Å². The molecule has 2 rings (SSSR count). The number of ether oxygens (including phenoxy) is 3. The second-order valence-electron chi connectivity index (χ2n) is 5.95. The molecule has 26 heavy (non-hydrogen) atoms. The van der Waals surface area contributed by atoms with Crippen molar-refractivity contribution < 1.29 is 19.0 Å². The minimum Gasteiger partial charge on any atom is -0.497 e. The van der Waals surface area contributed by atoms with E-state index in [-0.39, 0.29) is 5.78 Å². The first-order valence-electron chi connectivity index (χ1n) is 8.36. The highest BCUT2D eigenvalue weighted by molar-refractivity contribution is 6.09. The van der Waals surface area contributed by atoms with Crippen LogP contribution in [0, 0.1) is 0 Å². The van der Waals surface area contributed by atoms with Gasteiger partial charge < -0.3 is 19.1 Å². The van der Waals surface area contributed by atoms with E-state index in [0.29, 0.717) is 23.7 Å². The molecule has 0 bridgehead atoms. The van der Waals surface area contributed by atoms with Crippen molar-refractivity contribution in [1.82, 2.24) is 4.90 Å². The zero-order chi connectivity index (χ0) is 18.9. The van der Waals surface area contributed by atoms with Crippen LogP contribution in [0.25, 0.3) is 6.08 Å². The first kappa shape index (κ1) is 19.5. The largest absolute Gasteiger partial charge is 0.497 e. The van der Waals surface area contributed by atoms with Gasteiger partial charge in [0.05, 0.1) is 19.8 Å². The van der Waals surface area contributed by atoms with Gasteiger partial charge in [-0.15, -0.1) is 0 Å². The molecule has 0 fully saturated rings. The van der Waals surface area contributed by atoms with Crippen LogP contribution in [0.4, 0.5) is 0 Å². The number of nitrogens with zero attached hydrogens (tertiary/aromatic N) is 1. The lowest BCUT2D eigenvalue weighted by Gasteiger charge is -2.12. The molecule has 0 saturated carbocycles. The number of allylic oxidation sites excluding steroid dienone is 1. The predicted molar refractivity (Wildman–Crippen MR) is 103 cm³/mol. The molecular weight excluding hydrogens is 330 g/mol. The Kier molecular flexibility index (Phi) is 7.24. The Morgan fingerprint density at radius 1 is 1.04 bits per heavy atom. The summed E-state index contributed by atoms with van der Waals surface area (Å²) in [7, 11) is 7.09. The molecular formula is C21H25NO4. The Labute approximate surface area is 154 Å². The van der Waals surface area contributed by atoms with E-state index in [1.165, 1.54) is 13.2 Å². The summed E-state index contributed by atoms with van der Waals surface area (Å²) in [5, 5.41) is 0. The average molecular weight is 355 g/mol. The van der Waals surface area contributed by atoms with E-state index < -0.39 is 0 Å². The molecule has 0 radical (unpaired) electrons. The maximum atomic E-state index is 12.6. The van der Waals surface area contributed by atoms with Crippen LogP contribution in [-0.2, 0) is 0 Å². The molecule has 0 aromatic heterocycles. The first-order chi connectivity index (χ1) is 12.5. The van der Waals surface area contributed by atoms with Crippen LogP contribution in [0.1, 0.15) is 15.9 Å². The fourth-order valence-electron chi connectivity index (χ4n) is 2.35. The van der Waals surface area contributed by atoms with Crippen molar-refractivity contribution in [1.29, 1.82) is 0 Å². The number of carbonyl (C=O) groups is 1. The Morgan fingerprint density at radius 2 is 1.81 bits per heavy atom. The summed E-state index contributed by atoms with van der Waals surface area (Å²) < 4.78 is 16.3. The number of rotatable bonds is 9. The third-order valence-corrected chi connectivity index (χ3v) is 3.80. The molecule has 0 N–H and O–H groups in total. The normalized spacial score (nSPS) is 11.0. The van der Waals surface area contributed by atoms with Crippen LogP contribution in [0.3, 0.4) is 0 Å². The molecule has 5 nitrogen and oxygen atoms in total. The smallest absolute Gasteiger partial charge is 0.189 e. The van der Waals surface area contributed by atoms with Crippen LogP contribution in [-0.4, -0.2) is 52.1 Å². The van der Waals surface area contributed by atoms with E-state index in [9.17, 15) is 4.79 Å². The molecule has 2 aromatic carbocycles. The van der Waals surface area contributed by atoms with Gasteiger partial charge in [-0.1, -0.05) is 18.2 Å². The molecule has 0 unspecified atom stereocenters. The van der Waals surface area contributed by atoms with Crippen molar-refractivity contribution in [2.45, 2.75) is 0 Å². The molecule has 0 aliphatic rings. The lowest BCUT2D eigenvalue weighted by Crippen LogP contribution is -2.19. The third kappa shape index (κ3) is 5.36. The highest BCUT2D eigenvalue weighted by Gasteiger charge is 2.11. The topological polar surface area (TPSA) is 48.0 Å². The van der Waals surface area contributed by atoms with E-state index in [0.717, 1.165) is 17.9 Å². The number of carbonyl (C=O) groups excluding carboxylic acids is 1. The number of benzene rings is 2. The number of ketones is 1. The standard InChI is InChI=1S/C21H25NO4/c1-22(2)13-14-26-20-8-6-5-7-16(20)9-11-19(23)18-15-17(24-3)10-12-21(18)25-4/h5-12,15H,13-14H2,1-4H3/b11-9+. The van der Waals surface area contributed by atoms with Gasteiger partial charge in [0.15, 0.2) is 5.78 Å². The van der Waals surface area contributed by atoms with Gasteiger partial charge in [0, 0.05) is 12.1 Å². The van der Waals surface area contributed by atoms with Gasteiger partial charge in [-0.25, -0.2) is 0 Å². The first-order valence-corrected chi connectivity index (χ1v) is 8.36. The number of hydrogen-bond acceptors (Lipinski definition) is 5. The third-order valence-electron chi connectivity index (χ3n) is 3.80. The minimum absolute atomic E-state index is 0.163. The average Bonchev–Trinajstić information content (AvgIpc) is 2.66. The summed E-state index contributed by atoms with van der Waals surface area (Å²) in [5.74, 6) is 1.70. The SMILES string of the molecule is COc1ccc(OC)c(C(=O)/C=C/c2ccccc2OCCN(C)C)c1. The van der Waals surface area contributed by atoms with Gasteiger partial charge in [-0.2, -0.15) is 0 Å². The summed E-state index contributed by atoms with van der Waals surface area (Å²) in [5.41, 5.74) is 1.30. The van der Waals surface area contributed by atoms with Gasteiger partial charge in [-0.05, 0) is 50.5 Å². The van der Waals surface area contributed by atoms with Crippen molar-refractivity contribution in [2.24, 2.45) is 0 Å². The minimum atomic E-state index is -0.163. The summed E-state index contributed by atoms with van der Waals surface area (Å²) in [6.45, 7) is 1.40. The maximum Gasteiger partial charge on any atom is 0.189 e. The summed E-state index contributed by atoms with van der Waals surface area (Å²) in [6, 6.07) is 12.8. The molecule has 0 amide bonds. The van der Waals surface area contributed by atoms with E-state index in [4.69, 9.17) is 14.2 Å². The predicted octanol–water partition coefficient (Wildman–Crippen LogP) is 3.54. The Morgan fingerprint density at radius 3 is 2.50 bits per heavy atom. The highest BCUT2D eigenvalue weighted by Crippen LogP contribution is 2.25. The van der Waals surface area contributed by atoms with Crippen LogP contribution in [0.15, 0.2) is 48.5 Å². The second kappa shape index (κ2) is 9.63. The number of methoxy groups -OCH3 is 2. The summed E-state index contributed by atoms with van der Waals surface area (Å²) >= 11 is 0. The van der Waals surface area contributed by atoms with Crippen molar-refractivity contribution >= 4 is 11.9 Å². The molecule has 5 heteroatoms. The highest BCUT2D eigenvalue weighted by atomic mass is 16.5. The Bertz CT molecular complexity index is 768. The Balaban J connectivity index is 2.18. The fraction of sp³-hybridized carbons (Fsp3) is 0.286. The Hall–Kier alpha value is -2.79. The van der Waals surface area contributed by atoms with Gasteiger partial charge in [0.1, 0.15) is 23.9 Å². The van der Waals surface area contributed by atoms with Gasteiger partial charge in [-0.3, -0.25) is 4.79 Å². The molecule has 0 heterocycles. The molecule has 138 valence electrons. The molecule has 0 saturated heterocycles. The van der Waals surface area contributed by atoms with Crippen LogP contribution >= 0.6 is 0 Å². The monoisotopic (exact) mass is 355 g/mol. The maximum absolute atomic E-state index is 12.6. The lowest BCUT2D eigenvalue weighted by molar-refractivity contribution is 0.104. The summed E-state index contributed by atoms with van der Waals surface area (Å²) in [6.07, 6.45) is 3.28. The van der Waals surface area contributed by atoms with E-state index in [1.54, 1.807) is 31.4 Å². The van der Waals surface area contributed by atoms with Crippen LogP contribution in [0.2, 0.25) is 0 Å². The molecule has 0 aliphatic heterocycles. The zero-order valence-electron chi connectivity index (χ0n) is 15.7. The molecule has 0 spiro atoms. The van der Waals surface area contributed by atoms with E-state index in [1.807, 2.05) is 38.4 Å². The zero-order valence-corrected chi connectivity index (χ0v) is 15.7. The van der Waals surface area contributed by atoms with Crippen molar-refractivity contribution in [3.05, 3.63) is 59.7 Å². The van der Waals surface area contributed by atoms with E-state index >= 15 is 0 Å². The lowest BCUT2D eigenvalue weighted by atomic mass is 10.1. The number of likely N-dealkylation sites (N-methyl/N-ethyl adjacent to an activating group) is 1. The van der Waals surface area contributed by atoms with Gasteiger partial charge >= 0.3 is 0 Å².